The average molecular weight is 578 g/mol. The number of halogens is 4. The summed E-state index contributed by atoms with van der Waals surface area (Å²) in [6, 6.07) is 15.2. The van der Waals surface area contributed by atoms with Crippen molar-refractivity contribution < 1.29 is 27.2 Å². The molecule has 5 rings (SSSR count). The quantitative estimate of drug-likeness (QED) is 0.206. The van der Waals surface area contributed by atoms with Crippen molar-refractivity contribution in [2.75, 3.05) is 17.7 Å². The van der Waals surface area contributed by atoms with Gasteiger partial charge in [0.05, 0.1) is 0 Å². The Kier molecular flexibility index (Phi) is 7.59. The minimum absolute atomic E-state index is 0.100. The summed E-state index contributed by atoms with van der Waals surface area (Å²) in [6.45, 7) is 3.91. The fraction of sp³-hybridized carbons (Fsp3) is 0.194. The average Bonchev–Trinajstić information content (AvgIpc) is 3.38. The molecule has 216 valence electrons. The third kappa shape index (κ3) is 5.76. The molecule has 1 aliphatic heterocycles. The standard InChI is InChI=1S/C31H27F4N5O2/c1-4-18-13-14-40(3)29(42)24-15-21(11-12-23(18)24)36-25-16-22(10-5-17(25)2)37-28(41)27-26(19-6-8-20(32)9-7-19)38-30(39-27)31(33,34)35/h5-16,18,36H,4H2,1-3H3,(H,37,41)(H,38,39). The maximum Gasteiger partial charge on any atom is 0.449 e. The van der Waals surface area contributed by atoms with E-state index in [1.807, 2.05) is 25.1 Å². The molecule has 0 saturated carbocycles. The second-order valence-electron chi connectivity index (χ2n) is 10.00. The fourth-order valence-electron chi connectivity index (χ4n) is 4.76. The van der Waals surface area contributed by atoms with Crippen LogP contribution >= 0.6 is 0 Å². The van der Waals surface area contributed by atoms with Crippen LogP contribution in [0.1, 0.15) is 57.1 Å². The molecule has 7 nitrogen and oxygen atoms in total. The molecule has 1 aliphatic rings. The van der Waals surface area contributed by atoms with E-state index in [2.05, 4.69) is 27.5 Å². The minimum Gasteiger partial charge on any atom is -0.355 e. The number of aromatic nitrogens is 2. The van der Waals surface area contributed by atoms with E-state index >= 15 is 0 Å². The highest BCUT2D eigenvalue weighted by Crippen LogP contribution is 2.34. The van der Waals surface area contributed by atoms with Gasteiger partial charge in [-0.15, -0.1) is 0 Å². The SMILES string of the molecule is CCC1C=CN(C)C(=O)c2cc(Nc3cc(NC(=O)c4[nH]c(C(F)(F)F)nc4-c4ccc(F)cc4)ccc3C)ccc21. The zero-order valence-corrected chi connectivity index (χ0v) is 22.9. The second-order valence-corrected chi connectivity index (χ2v) is 10.00. The summed E-state index contributed by atoms with van der Waals surface area (Å²) in [5.74, 6) is -2.81. The molecule has 1 aromatic heterocycles. The first-order valence-electron chi connectivity index (χ1n) is 13.2. The topological polar surface area (TPSA) is 90.1 Å². The van der Waals surface area contributed by atoms with Gasteiger partial charge < -0.3 is 20.5 Å². The van der Waals surface area contributed by atoms with Gasteiger partial charge in [-0.3, -0.25) is 9.59 Å². The summed E-state index contributed by atoms with van der Waals surface area (Å²) in [6.07, 6.45) is -0.210. The highest BCUT2D eigenvalue weighted by molar-refractivity contribution is 6.07. The first-order chi connectivity index (χ1) is 19.9. The number of fused-ring (bicyclic) bond motifs is 1. The van der Waals surface area contributed by atoms with Gasteiger partial charge in [0.15, 0.2) is 0 Å². The summed E-state index contributed by atoms with van der Waals surface area (Å²) in [5.41, 5.74) is 3.38. The van der Waals surface area contributed by atoms with Crippen LogP contribution in [0.25, 0.3) is 11.3 Å². The molecule has 42 heavy (non-hydrogen) atoms. The molecule has 0 spiro atoms. The zero-order valence-electron chi connectivity index (χ0n) is 22.9. The van der Waals surface area contributed by atoms with E-state index in [9.17, 15) is 27.2 Å². The molecule has 11 heteroatoms. The van der Waals surface area contributed by atoms with Gasteiger partial charge >= 0.3 is 6.18 Å². The monoisotopic (exact) mass is 577 g/mol. The predicted molar refractivity (Wildman–Crippen MR) is 152 cm³/mol. The van der Waals surface area contributed by atoms with Gasteiger partial charge in [0.1, 0.15) is 17.2 Å². The first-order valence-corrected chi connectivity index (χ1v) is 13.2. The van der Waals surface area contributed by atoms with Crippen LogP contribution in [0.4, 0.5) is 34.6 Å². The number of rotatable bonds is 6. The molecule has 2 heterocycles. The van der Waals surface area contributed by atoms with Gasteiger partial charge in [-0.1, -0.05) is 25.1 Å². The number of alkyl halides is 3. The summed E-state index contributed by atoms with van der Waals surface area (Å²) >= 11 is 0. The van der Waals surface area contributed by atoms with Crippen molar-refractivity contribution in [2.24, 2.45) is 0 Å². The highest BCUT2D eigenvalue weighted by Gasteiger charge is 2.37. The van der Waals surface area contributed by atoms with E-state index in [-0.39, 0.29) is 23.1 Å². The molecule has 0 bridgehead atoms. The fourth-order valence-corrected chi connectivity index (χ4v) is 4.76. The van der Waals surface area contributed by atoms with Crippen molar-refractivity contribution in [2.45, 2.75) is 32.4 Å². The largest absolute Gasteiger partial charge is 0.449 e. The number of aryl methyl sites for hydroxylation is 1. The van der Waals surface area contributed by atoms with Gasteiger partial charge in [0.25, 0.3) is 11.8 Å². The van der Waals surface area contributed by atoms with E-state index in [0.717, 1.165) is 29.7 Å². The molecule has 2 amide bonds. The predicted octanol–water partition coefficient (Wildman–Crippen LogP) is 7.63. The van der Waals surface area contributed by atoms with E-state index in [0.29, 0.717) is 22.6 Å². The lowest BCUT2D eigenvalue weighted by atomic mass is 9.92. The Balaban J connectivity index is 1.43. The lowest BCUT2D eigenvalue weighted by molar-refractivity contribution is -0.144. The molecule has 0 aliphatic carbocycles. The van der Waals surface area contributed by atoms with Gasteiger partial charge in [-0.05, 0) is 73.0 Å². The van der Waals surface area contributed by atoms with Gasteiger partial charge in [0, 0.05) is 47.4 Å². The molecule has 3 aromatic carbocycles. The van der Waals surface area contributed by atoms with Crippen LogP contribution in [0, 0.1) is 12.7 Å². The van der Waals surface area contributed by atoms with E-state index < -0.39 is 29.4 Å². The Morgan fingerprint density at radius 3 is 2.45 bits per heavy atom. The van der Waals surface area contributed by atoms with Crippen molar-refractivity contribution in [3.8, 4) is 11.3 Å². The van der Waals surface area contributed by atoms with Gasteiger partial charge in [0.2, 0.25) is 5.82 Å². The number of benzene rings is 3. The number of nitrogens with one attached hydrogen (secondary N) is 3. The highest BCUT2D eigenvalue weighted by atomic mass is 19.4. The third-order valence-electron chi connectivity index (χ3n) is 7.08. The van der Waals surface area contributed by atoms with Crippen molar-refractivity contribution >= 4 is 28.9 Å². The van der Waals surface area contributed by atoms with Crippen LogP contribution in [0.5, 0.6) is 0 Å². The molecule has 1 atom stereocenters. The summed E-state index contributed by atoms with van der Waals surface area (Å²) in [7, 11) is 1.70. The molecular formula is C31H27F4N5O2. The number of amides is 2. The Morgan fingerprint density at radius 2 is 1.76 bits per heavy atom. The van der Waals surface area contributed by atoms with Crippen molar-refractivity contribution in [1.82, 2.24) is 14.9 Å². The maximum atomic E-state index is 13.5. The number of carbonyl (C=O) groups excluding carboxylic acids is 2. The lowest BCUT2D eigenvalue weighted by Crippen LogP contribution is -2.20. The van der Waals surface area contributed by atoms with Crippen LogP contribution in [-0.2, 0) is 6.18 Å². The number of aromatic amines is 1. The van der Waals surface area contributed by atoms with Crippen LogP contribution in [0.15, 0.2) is 72.9 Å². The van der Waals surface area contributed by atoms with Gasteiger partial charge in [-0.25, -0.2) is 9.37 Å². The van der Waals surface area contributed by atoms with Crippen LogP contribution < -0.4 is 10.6 Å². The smallest absolute Gasteiger partial charge is 0.355 e. The van der Waals surface area contributed by atoms with Crippen LogP contribution in [0.2, 0.25) is 0 Å². The van der Waals surface area contributed by atoms with Gasteiger partial charge in [-0.2, -0.15) is 13.2 Å². The number of allylic oxidation sites excluding steroid dienone is 1. The molecule has 3 N–H and O–H groups in total. The Labute approximate surface area is 239 Å². The van der Waals surface area contributed by atoms with E-state index in [1.165, 1.54) is 12.1 Å². The number of hydrogen-bond acceptors (Lipinski definition) is 4. The zero-order chi connectivity index (χ0) is 30.2. The molecule has 0 fully saturated rings. The number of carbonyl (C=O) groups is 2. The summed E-state index contributed by atoms with van der Waals surface area (Å²) in [5, 5.41) is 5.91. The second kappa shape index (κ2) is 11.2. The normalized spacial score (nSPS) is 14.9. The molecule has 0 radical (unpaired) electrons. The summed E-state index contributed by atoms with van der Waals surface area (Å²) < 4.78 is 53.8. The van der Waals surface area contributed by atoms with Crippen molar-refractivity contribution in [3.05, 3.63) is 107 Å². The van der Waals surface area contributed by atoms with Crippen LogP contribution in [-0.4, -0.2) is 33.7 Å². The Hall–Kier alpha value is -4.93. The van der Waals surface area contributed by atoms with Crippen molar-refractivity contribution in [1.29, 1.82) is 0 Å². The Morgan fingerprint density at radius 1 is 1.05 bits per heavy atom. The summed E-state index contributed by atoms with van der Waals surface area (Å²) in [4.78, 5) is 33.4. The molecule has 1 unspecified atom stereocenters. The number of H-pyrrole nitrogens is 1. The first kappa shape index (κ1) is 28.6. The van der Waals surface area contributed by atoms with Crippen LogP contribution in [0.3, 0.4) is 0 Å². The third-order valence-corrected chi connectivity index (χ3v) is 7.08. The van der Waals surface area contributed by atoms with E-state index in [1.54, 1.807) is 42.4 Å². The maximum absolute atomic E-state index is 13.5. The number of hydrogen-bond donors (Lipinski definition) is 3. The minimum atomic E-state index is -4.83. The molecular weight excluding hydrogens is 550 g/mol. The van der Waals surface area contributed by atoms with Crippen molar-refractivity contribution in [3.63, 3.8) is 0 Å². The number of anilines is 3. The molecule has 0 saturated heterocycles. The lowest BCUT2D eigenvalue weighted by Gasteiger charge is -2.17. The van der Waals surface area contributed by atoms with E-state index in [4.69, 9.17) is 0 Å². The number of nitrogens with zero attached hydrogens (tertiary/aromatic N) is 2. The Bertz CT molecular complexity index is 1690. The molecule has 4 aromatic rings. The number of imidazole rings is 1.